The highest BCUT2D eigenvalue weighted by atomic mass is 35.5. The van der Waals surface area contributed by atoms with E-state index in [-0.39, 0.29) is 0 Å². The van der Waals surface area contributed by atoms with Gasteiger partial charge >= 0.3 is 5.97 Å². The van der Waals surface area contributed by atoms with Gasteiger partial charge in [-0.05, 0) is 48.4 Å². The van der Waals surface area contributed by atoms with E-state index in [1.54, 1.807) is 35.7 Å². The molecule has 0 bridgehead atoms. The number of carboxylic acid groups (broad SMARTS) is 1. The smallest absolute Gasteiger partial charge is 0.335 e. The van der Waals surface area contributed by atoms with Gasteiger partial charge in [0.2, 0.25) is 0 Å². The number of aromatic carboxylic acids is 1. The predicted octanol–water partition coefficient (Wildman–Crippen LogP) is 5.72. The van der Waals surface area contributed by atoms with Crippen LogP contribution in [0.2, 0.25) is 5.02 Å². The van der Waals surface area contributed by atoms with E-state index in [0.717, 1.165) is 38.0 Å². The average molecular weight is 417 g/mol. The summed E-state index contributed by atoms with van der Waals surface area (Å²) in [7, 11) is 0. The third-order valence-corrected chi connectivity index (χ3v) is 5.83. The van der Waals surface area contributed by atoms with Crippen LogP contribution in [0.4, 0.5) is 0 Å². The first-order valence-electron chi connectivity index (χ1n) is 8.17. The van der Waals surface area contributed by atoms with Crippen molar-refractivity contribution in [1.29, 1.82) is 0 Å². The molecule has 0 spiro atoms. The van der Waals surface area contributed by atoms with E-state index in [1.807, 2.05) is 49.4 Å². The number of hydrogen-bond acceptors (Lipinski definition) is 5. The van der Waals surface area contributed by atoms with Gasteiger partial charge in [-0.15, -0.1) is 11.8 Å². The van der Waals surface area contributed by atoms with Crippen LogP contribution in [-0.4, -0.2) is 21.0 Å². The molecule has 0 aliphatic carbocycles. The Bertz CT molecular complexity index is 932. The molecule has 0 atom stereocenters. The highest BCUT2D eigenvalue weighted by molar-refractivity contribution is 7.99. The van der Waals surface area contributed by atoms with Crippen LogP contribution in [0, 0.1) is 6.92 Å². The van der Waals surface area contributed by atoms with Crippen LogP contribution in [-0.2, 0) is 11.5 Å². The molecule has 3 rings (SSSR count). The van der Waals surface area contributed by atoms with E-state index in [4.69, 9.17) is 16.7 Å². The number of halogens is 1. The molecule has 2 aromatic carbocycles. The van der Waals surface area contributed by atoms with Crippen molar-refractivity contribution in [2.24, 2.45) is 0 Å². The summed E-state index contributed by atoms with van der Waals surface area (Å²) >= 11 is 9.12. The van der Waals surface area contributed by atoms with Gasteiger partial charge in [-0.2, -0.15) is 0 Å². The fourth-order valence-corrected chi connectivity index (χ4v) is 4.24. The maximum atomic E-state index is 10.9. The molecule has 0 saturated carbocycles. The van der Waals surface area contributed by atoms with Crippen LogP contribution in [0.3, 0.4) is 0 Å². The summed E-state index contributed by atoms with van der Waals surface area (Å²) in [4.78, 5) is 20.0. The molecule has 0 aliphatic rings. The molecule has 3 aromatic rings. The minimum Gasteiger partial charge on any atom is -0.478 e. The highest BCUT2D eigenvalue weighted by Crippen LogP contribution is 2.26. The van der Waals surface area contributed by atoms with Gasteiger partial charge in [0.15, 0.2) is 5.16 Å². The van der Waals surface area contributed by atoms with Crippen LogP contribution in [0.1, 0.15) is 27.2 Å². The molecule has 138 valence electrons. The van der Waals surface area contributed by atoms with E-state index in [1.165, 1.54) is 5.56 Å². The number of carboxylic acids is 1. The van der Waals surface area contributed by atoms with Gasteiger partial charge in [-0.3, -0.25) is 0 Å². The molecule has 4 nitrogen and oxygen atoms in total. The SMILES string of the molecule is Cc1cc(SCc2ccc(C(=O)O)cc2)nc(SCc2ccc(Cl)cc2)n1. The van der Waals surface area contributed by atoms with E-state index in [2.05, 4.69) is 9.97 Å². The first kappa shape index (κ1) is 19.7. The zero-order valence-electron chi connectivity index (χ0n) is 14.6. The summed E-state index contributed by atoms with van der Waals surface area (Å²) in [5.41, 5.74) is 3.44. The lowest BCUT2D eigenvalue weighted by atomic mass is 10.1. The number of nitrogens with zero attached hydrogens (tertiary/aromatic N) is 2. The standard InChI is InChI=1S/C20H17ClN2O2S2/c1-13-10-18(26-11-14-2-6-16(7-3-14)19(24)25)23-20(22-13)27-12-15-4-8-17(21)9-5-15/h2-10H,11-12H2,1H3,(H,24,25). The topological polar surface area (TPSA) is 63.1 Å². The molecule has 0 unspecified atom stereocenters. The van der Waals surface area contributed by atoms with Crippen LogP contribution in [0.15, 0.2) is 64.8 Å². The van der Waals surface area contributed by atoms with Crippen LogP contribution >= 0.6 is 35.1 Å². The van der Waals surface area contributed by atoms with E-state index >= 15 is 0 Å². The highest BCUT2D eigenvalue weighted by Gasteiger charge is 2.06. The lowest BCUT2D eigenvalue weighted by Gasteiger charge is -2.06. The molecule has 1 heterocycles. The summed E-state index contributed by atoms with van der Waals surface area (Å²) in [5, 5.41) is 11.3. The Morgan fingerprint density at radius 2 is 1.56 bits per heavy atom. The maximum absolute atomic E-state index is 10.9. The monoisotopic (exact) mass is 416 g/mol. The molecule has 0 saturated heterocycles. The number of aryl methyl sites for hydroxylation is 1. The molecular formula is C20H17ClN2O2S2. The van der Waals surface area contributed by atoms with Crippen LogP contribution in [0.25, 0.3) is 0 Å². The fraction of sp³-hybridized carbons (Fsp3) is 0.150. The second-order valence-corrected chi connectivity index (χ2v) is 8.21. The fourth-order valence-electron chi connectivity index (χ4n) is 2.28. The predicted molar refractivity (Wildman–Crippen MR) is 111 cm³/mol. The lowest BCUT2D eigenvalue weighted by Crippen LogP contribution is -1.96. The molecule has 0 aliphatic heterocycles. The van der Waals surface area contributed by atoms with Crippen molar-refractivity contribution < 1.29 is 9.90 Å². The molecular weight excluding hydrogens is 400 g/mol. The first-order chi connectivity index (χ1) is 13.0. The molecule has 27 heavy (non-hydrogen) atoms. The van der Waals surface area contributed by atoms with Gasteiger partial charge in [0.05, 0.1) is 5.56 Å². The van der Waals surface area contributed by atoms with Crippen molar-refractivity contribution in [3.05, 3.63) is 82.0 Å². The van der Waals surface area contributed by atoms with Crippen molar-refractivity contribution in [3.63, 3.8) is 0 Å². The number of hydrogen-bond donors (Lipinski definition) is 1. The Kier molecular flexibility index (Phi) is 6.77. The Balaban J connectivity index is 1.62. The number of carbonyl (C=O) groups is 1. The molecule has 0 radical (unpaired) electrons. The second kappa shape index (κ2) is 9.26. The minimum absolute atomic E-state index is 0.294. The summed E-state index contributed by atoms with van der Waals surface area (Å²) in [5.74, 6) is 0.585. The molecule has 0 amide bonds. The Morgan fingerprint density at radius 3 is 2.19 bits per heavy atom. The third kappa shape index (κ3) is 5.99. The molecule has 7 heteroatoms. The van der Waals surface area contributed by atoms with Gasteiger partial charge in [-0.25, -0.2) is 14.8 Å². The van der Waals surface area contributed by atoms with E-state index in [9.17, 15) is 4.79 Å². The number of thioether (sulfide) groups is 2. The van der Waals surface area contributed by atoms with Crippen molar-refractivity contribution in [1.82, 2.24) is 9.97 Å². The minimum atomic E-state index is -0.914. The van der Waals surface area contributed by atoms with Crippen LogP contribution in [0.5, 0.6) is 0 Å². The maximum Gasteiger partial charge on any atom is 0.335 e. The summed E-state index contributed by atoms with van der Waals surface area (Å²) in [6.07, 6.45) is 0. The van der Waals surface area contributed by atoms with Crippen LogP contribution < -0.4 is 0 Å². The Labute approximate surface area is 171 Å². The quantitative estimate of drug-likeness (QED) is 0.302. The van der Waals surface area contributed by atoms with Crippen molar-refractivity contribution in [2.45, 2.75) is 28.6 Å². The zero-order chi connectivity index (χ0) is 19.2. The lowest BCUT2D eigenvalue weighted by molar-refractivity contribution is 0.0697. The van der Waals surface area contributed by atoms with Gasteiger partial charge < -0.3 is 5.11 Å². The summed E-state index contributed by atoms with van der Waals surface area (Å²) in [6, 6.07) is 16.6. The van der Waals surface area contributed by atoms with Crippen molar-refractivity contribution in [2.75, 3.05) is 0 Å². The van der Waals surface area contributed by atoms with Gasteiger partial charge in [0, 0.05) is 22.2 Å². The van der Waals surface area contributed by atoms with Gasteiger partial charge in [-0.1, -0.05) is 47.6 Å². The van der Waals surface area contributed by atoms with E-state index < -0.39 is 5.97 Å². The molecule has 0 fully saturated rings. The largest absolute Gasteiger partial charge is 0.478 e. The first-order valence-corrected chi connectivity index (χ1v) is 10.5. The Morgan fingerprint density at radius 1 is 0.963 bits per heavy atom. The van der Waals surface area contributed by atoms with Gasteiger partial charge in [0.1, 0.15) is 5.03 Å². The number of benzene rings is 2. The number of aromatic nitrogens is 2. The third-order valence-electron chi connectivity index (χ3n) is 3.68. The van der Waals surface area contributed by atoms with Gasteiger partial charge in [0.25, 0.3) is 0 Å². The number of rotatable bonds is 7. The zero-order valence-corrected chi connectivity index (χ0v) is 16.9. The Hall–Kier alpha value is -2.02. The van der Waals surface area contributed by atoms with Crippen molar-refractivity contribution in [3.8, 4) is 0 Å². The summed E-state index contributed by atoms with van der Waals surface area (Å²) in [6.45, 7) is 1.96. The van der Waals surface area contributed by atoms with E-state index in [0.29, 0.717) is 5.56 Å². The van der Waals surface area contributed by atoms with Crippen molar-refractivity contribution >= 4 is 41.1 Å². The average Bonchev–Trinajstić information content (AvgIpc) is 2.66. The molecule has 1 N–H and O–H groups in total. The summed E-state index contributed by atoms with van der Waals surface area (Å²) < 4.78 is 0. The normalized spacial score (nSPS) is 10.7. The molecule has 1 aromatic heterocycles. The second-order valence-electron chi connectivity index (χ2n) is 5.84.